The third kappa shape index (κ3) is 2.79. The molecule has 1 aromatic carbocycles. The Kier molecular flexibility index (Phi) is 4.28. The number of piperidine rings is 1. The second-order valence-corrected chi connectivity index (χ2v) is 7.76. The molecule has 2 heteroatoms. The number of hydrogen-bond donors (Lipinski definition) is 0. The van der Waals surface area contributed by atoms with Gasteiger partial charge in [0.05, 0.1) is 12.0 Å². The van der Waals surface area contributed by atoms with Crippen molar-refractivity contribution >= 4 is 0 Å². The monoisotopic (exact) mass is 296 g/mol. The summed E-state index contributed by atoms with van der Waals surface area (Å²) < 4.78 is 0. The number of hydrogen-bond acceptors (Lipinski definition) is 2. The zero-order valence-corrected chi connectivity index (χ0v) is 14.4. The third-order valence-electron chi connectivity index (χ3n) is 5.68. The molecule has 1 aromatic rings. The van der Waals surface area contributed by atoms with Crippen LogP contribution in [0.4, 0.5) is 0 Å². The highest BCUT2D eigenvalue weighted by Crippen LogP contribution is 2.43. The zero-order chi connectivity index (χ0) is 15.9. The van der Waals surface area contributed by atoms with Crippen LogP contribution in [0.2, 0.25) is 0 Å². The van der Waals surface area contributed by atoms with Crippen molar-refractivity contribution in [2.45, 2.75) is 53.0 Å². The van der Waals surface area contributed by atoms with E-state index in [4.69, 9.17) is 0 Å². The molecule has 0 aliphatic carbocycles. The van der Waals surface area contributed by atoms with Gasteiger partial charge in [-0.1, -0.05) is 26.0 Å². The molecule has 1 saturated heterocycles. The van der Waals surface area contributed by atoms with Crippen molar-refractivity contribution in [2.75, 3.05) is 13.1 Å². The van der Waals surface area contributed by atoms with E-state index in [1.165, 1.54) is 35.1 Å². The molecular weight excluding hydrogens is 268 g/mol. The van der Waals surface area contributed by atoms with Crippen LogP contribution in [0, 0.1) is 42.9 Å². The summed E-state index contributed by atoms with van der Waals surface area (Å²) in [5.41, 5.74) is 5.80. The molecule has 0 spiro atoms. The molecular formula is C20H28N2. The van der Waals surface area contributed by atoms with Crippen LogP contribution in [-0.4, -0.2) is 18.0 Å². The van der Waals surface area contributed by atoms with Crippen molar-refractivity contribution in [3.63, 3.8) is 0 Å². The maximum Gasteiger partial charge on any atom is 0.0659 e. The van der Waals surface area contributed by atoms with Crippen LogP contribution in [0.25, 0.3) is 0 Å². The Bertz CT molecular complexity index is 596. The highest BCUT2D eigenvalue weighted by molar-refractivity contribution is 5.41. The van der Waals surface area contributed by atoms with Gasteiger partial charge in [-0.15, -0.1) is 0 Å². The van der Waals surface area contributed by atoms with Gasteiger partial charge in [0.2, 0.25) is 0 Å². The van der Waals surface area contributed by atoms with Crippen molar-refractivity contribution in [3.05, 3.63) is 34.4 Å². The Morgan fingerprint density at radius 1 is 1.27 bits per heavy atom. The lowest BCUT2D eigenvalue weighted by atomic mass is 9.74. The first kappa shape index (κ1) is 15.6. The van der Waals surface area contributed by atoms with E-state index in [2.05, 4.69) is 50.8 Å². The van der Waals surface area contributed by atoms with Crippen molar-refractivity contribution in [2.24, 2.45) is 17.8 Å². The molecule has 0 aromatic heterocycles. The van der Waals surface area contributed by atoms with E-state index in [0.717, 1.165) is 19.5 Å². The van der Waals surface area contributed by atoms with Crippen molar-refractivity contribution in [1.82, 2.24) is 4.90 Å². The molecule has 0 saturated carbocycles. The molecule has 2 nitrogen and oxygen atoms in total. The van der Waals surface area contributed by atoms with Crippen molar-refractivity contribution in [3.8, 4) is 6.07 Å². The van der Waals surface area contributed by atoms with E-state index < -0.39 is 0 Å². The molecule has 0 amide bonds. The number of aryl methyl sites for hydroxylation is 2. The molecule has 1 unspecified atom stereocenters. The highest BCUT2D eigenvalue weighted by Gasteiger charge is 2.39. The average molecular weight is 296 g/mol. The fourth-order valence-corrected chi connectivity index (χ4v) is 4.40. The molecule has 2 heterocycles. The maximum absolute atomic E-state index is 9.64. The van der Waals surface area contributed by atoms with Gasteiger partial charge in [-0.2, -0.15) is 5.26 Å². The minimum absolute atomic E-state index is 0.219. The van der Waals surface area contributed by atoms with E-state index in [1.54, 1.807) is 0 Å². The lowest BCUT2D eigenvalue weighted by Gasteiger charge is -2.46. The molecule has 3 rings (SSSR count). The summed E-state index contributed by atoms with van der Waals surface area (Å²) in [5, 5.41) is 9.64. The quantitative estimate of drug-likeness (QED) is 0.808. The molecule has 0 radical (unpaired) electrons. The molecule has 22 heavy (non-hydrogen) atoms. The number of fused-ring (bicyclic) bond motifs is 3. The lowest BCUT2D eigenvalue weighted by molar-refractivity contribution is 0.0644. The smallest absolute Gasteiger partial charge is 0.0659 e. The summed E-state index contributed by atoms with van der Waals surface area (Å²) in [6, 6.07) is 7.86. The number of rotatable bonds is 2. The second kappa shape index (κ2) is 6.05. The Morgan fingerprint density at radius 3 is 2.68 bits per heavy atom. The van der Waals surface area contributed by atoms with Crippen LogP contribution in [-0.2, 0) is 6.42 Å². The fraction of sp³-hybridized carbons (Fsp3) is 0.650. The zero-order valence-electron chi connectivity index (χ0n) is 14.4. The summed E-state index contributed by atoms with van der Waals surface area (Å²) in [6.07, 6.45) is 3.36. The SMILES string of the molecule is Cc1cc2c(cc1C)[C@H]1CC(C#N)[C@H](CC(C)C)CN1CC2. The Labute approximate surface area is 135 Å². The third-order valence-corrected chi connectivity index (χ3v) is 5.68. The molecule has 3 atom stereocenters. The van der Waals surface area contributed by atoms with Gasteiger partial charge >= 0.3 is 0 Å². The molecule has 0 bridgehead atoms. The Hall–Kier alpha value is -1.33. The maximum atomic E-state index is 9.64. The number of nitriles is 1. The van der Waals surface area contributed by atoms with Gasteiger partial charge in [-0.25, -0.2) is 0 Å². The van der Waals surface area contributed by atoms with E-state index >= 15 is 0 Å². The fourth-order valence-electron chi connectivity index (χ4n) is 4.40. The van der Waals surface area contributed by atoms with Gasteiger partial charge in [0.1, 0.15) is 0 Å². The summed E-state index contributed by atoms with van der Waals surface area (Å²) in [6.45, 7) is 11.2. The second-order valence-electron chi connectivity index (χ2n) is 7.76. The summed E-state index contributed by atoms with van der Waals surface area (Å²) in [5.74, 6) is 1.45. The van der Waals surface area contributed by atoms with Crippen LogP contribution in [0.1, 0.15) is 55.0 Å². The molecule has 2 aliphatic rings. The van der Waals surface area contributed by atoms with Crippen LogP contribution in [0.15, 0.2) is 12.1 Å². The molecule has 0 N–H and O–H groups in total. The minimum atomic E-state index is 0.219. The van der Waals surface area contributed by atoms with Gasteiger partial charge in [0, 0.05) is 19.1 Å². The summed E-state index contributed by atoms with van der Waals surface area (Å²) in [7, 11) is 0. The molecule has 1 fully saturated rings. The minimum Gasteiger partial charge on any atom is -0.296 e. The van der Waals surface area contributed by atoms with E-state index in [9.17, 15) is 5.26 Å². The first-order valence-electron chi connectivity index (χ1n) is 8.73. The van der Waals surface area contributed by atoms with Crippen LogP contribution in [0.3, 0.4) is 0 Å². The normalized spacial score (nSPS) is 28.1. The van der Waals surface area contributed by atoms with Crippen LogP contribution in [0.5, 0.6) is 0 Å². The molecule has 2 aliphatic heterocycles. The number of benzene rings is 1. The van der Waals surface area contributed by atoms with E-state index in [-0.39, 0.29) is 5.92 Å². The Morgan fingerprint density at radius 2 is 2.00 bits per heavy atom. The largest absolute Gasteiger partial charge is 0.296 e. The Balaban J connectivity index is 1.89. The highest BCUT2D eigenvalue weighted by atomic mass is 15.2. The van der Waals surface area contributed by atoms with Crippen molar-refractivity contribution < 1.29 is 0 Å². The predicted octanol–water partition coefficient (Wildman–Crippen LogP) is 4.41. The first-order valence-corrected chi connectivity index (χ1v) is 8.73. The van der Waals surface area contributed by atoms with Gasteiger partial charge in [0.25, 0.3) is 0 Å². The van der Waals surface area contributed by atoms with E-state index in [1.807, 2.05) is 0 Å². The average Bonchev–Trinajstić information content (AvgIpc) is 2.47. The summed E-state index contributed by atoms with van der Waals surface area (Å²) in [4.78, 5) is 2.65. The molecule has 118 valence electrons. The number of nitrogens with zero attached hydrogens (tertiary/aromatic N) is 2. The van der Waals surface area contributed by atoms with Gasteiger partial charge < -0.3 is 0 Å². The lowest BCUT2D eigenvalue weighted by Crippen LogP contribution is -2.46. The summed E-state index contributed by atoms with van der Waals surface area (Å²) >= 11 is 0. The topological polar surface area (TPSA) is 27.0 Å². The van der Waals surface area contributed by atoms with Crippen LogP contribution < -0.4 is 0 Å². The first-order chi connectivity index (χ1) is 10.5. The van der Waals surface area contributed by atoms with Gasteiger partial charge in [0.15, 0.2) is 0 Å². The van der Waals surface area contributed by atoms with Crippen LogP contribution >= 0.6 is 0 Å². The van der Waals surface area contributed by atoms with Gasteiger partial charge in [-0.3, -0.25) is 4.90 Å². The predicted molar refractivity (Wildman–Crippen MR) is 90.6 cm³/mol. The van der Waals surface area contributed by atoms with Gasteiger partial charge in [-0.05, 0) is 67.2 Å². The van der Waals surface area contributed by atoms with Crippen molar-refractivity contribution in [1.29, 1.82) is 5.26 Å². The van der Waals surface area contributed by atoms with E-state index in [0.29, 0.717) is 17.9 Å². The standard InChI is InChI=1S/C20H28N2/c1-13(2)7-18-12-22-6-5-16-8-14(3)15(4)9-19(16)20(22)10-17(18)11-21/h8-9,13,17-18,20H,5-7,10,12H2,1-4H3/t17?,18-,20-/m1/s1.